The zero-order valence-electron chi connectivity index (χ0n) is 14.7. The third kappa shape index (κ3) is 3.04. The largest absolute Gasteiger partial charge is 1.00 e. The smallest absolute Gasteiger partial charge is 0.543 e. The number of aliphatic carboxylic acids is 1. The van der Waals surface area contributed by atoms with Crippen LogP contribution in [0.1, 0.15) is 13.8 Å². The monoisotopic (exact) mass is 404 g/mol. The fourth-order valence-electron chi connectivity index (χ4n) is 3.82. The average Bonchev–Trinajstić information content (AvgIpc) is 3.09. The number of carboxylic acids is 1. The number of aliphatic hydroxyl groups excluding tert-OH is 1. The van der Waals surface area contributed by atoms with E-state index in [1.54, 1.807) is 18.7 Å². The van der Waals surface area contributed by atoms with Crippen LogP contribution in [0.15, 0.2) is 22.1 Å². The van der Waals surface area contributed by atoms with Crippen LogP contribution in [-0.4, -0.2) is 59.8 Å². The predicted octanol–water partition coefficient (Wildman–Crippen LogP) is -3.69. The Bertz CT molecular complexity index is 783. The van der Waals surface area contributed by atoms with Crippen molar-refractivity contribution in [1.82, 2.24) is 19.7 Å². The van der Waals surface area contributed by atoms with Gasteiger partial charge in [-0.3, -0.25) is 4.79 Å². The van der Waals surface area contributed by atoms with Crippen molar-refractivity contribution in [3.8, 4) is 0 Å². The third-order valence-corrected chi connectivity index (χ3v) is 7.77. The molecule has 1 aromatic heterocycles. The summed E-state index contributed by atoms with van der Waals surface area (Å²) >= 11 is 3.06. The van der Waals surface area contributed by atoms with Crippen molar-refractivity contribution in [2.24, 2.45) is 11.8 Å². The maximum absolute atomic E-state index is 12.3. The summed E-state index contributed by atoms with van der Waals surface area (Å²) in [6.07, 6.45) is 0.712. The SMILES string of the molecule is C[C@@H](O)[C@H]1C(=O)N2C(C(=O)[O-])=C(SC3CSc4ncnn4C3)[C@H](C)[C@H]12.[Na+]. The van der Waals surface area contributed by atoms with Gasteiger partial charge in [-0.1, -0.05) is 18.7 Å². The van der Waals surface area contributed by atoms with Crippen LogP contribution in [0.5, 0.6) is 0 Å². The van der Waals surface area contributed by atoms with Crippen LogP contribution in [-0.2, 0) is 16.1 Å². The Morgan fingerprint density at radius 3 is 2.92 bits per heavy atom. The molecule has 11 heteroatoms. The maximum atomic E-state index is 12.3. The first-order valence-corrected chi connectivity index (χ1v) is 9.90. The quantitative estimate of drug-likeness (QED) is 0.403. The van der Waals surface area contributed by atoms with Crippen molar-refractivity contribution in [3.63, 3.8) is 0 Å². The van der Waals surface area contributed by atoms with Gasteiger partial charge < -0.3 is 19.9 Å². The normalized spacial score (nSPS) is 31.0. The number of thioether (sulfide) groups is 2. The van der Waals surface area contributed by atoms with E-state index in [1.165, 1.54) is 23.0 Å². The molecule has 0 bridgehead atoms. The molecule has 0 radical (unpaired) electrons. The van der Waals surface area contributed by atoms with Crippen molar-refractivity contribution < 1.29 is 49.4 Å². The molecule has 0 saturated carbocycles. The molecule has 1 amide bonds. The van der Waals surface area contributed by atoms with E-state index >= 15 is 0 Å². The van der Waals surface area contributed by atoms with E-state index < -0.39 is 18.0 Å². The predicted molar refractivity (Wildman–Crippen MR) is 89.1 cm³/mol. The van der Waals surface area contributed by atoms with E-state index in [0.717, 1.165) is 10.9 Å². The molecular formula is C15H17N4NaO4S2. The first-order valence-electron chi connectivity index (χ1n) is 8.04. The number of aliphatic hydroxyl groups is 1. The van der Waals surface area contributed by atoms with Crippen molar-refractivity contribution in [1.29, 1.82) is 0 Å². The van der Waals surface area contributed by atoms with Crippen molar-refractivity contribution in [2.75, 3.05) is 5.75 Å². The summed E-state index contributed by atoms with van der Waals surface area (Å²) in [5, 5.41) is 26.7. The van der Waals surface area contributed by atoms with E-state index in [0.29, 0.717) is 11.4 Å². The van der Waals surface area contributed by atoms with E-state index in [1.807, 2.05) is 11.6 Å². The Hall–Kier alpha value is -0.520. The number of β-lactam (4-membered cyclic amide) rings is 1. The van der Waals surface area contributed by atoms with Crippen LogP contribution < -0.4 is 34.7 Å². The topological polar surface area (TPSA) is 111 Å². The van der Waals surface area contributed by atoms with Gasteiger partial charge in [0.25, 0.3) is 0 Å². The second kappa shape index (κ2) is 7.48. The molecule has 1 unspecified atom stereocenters. The van der Waals surface area contributed by atoms with Gasteiger partial charge in [-0.15, -0.1) is 11.8 Å². The zero-order chi connectivity index (χ0) is 17.9. The van der Waals surface area contributed by atoms with Gasteiger partial charge in [0.1, 0.15) is 6.33 Å². The molecule has 3 aliphatic rings. The molecule has 1 N–H and O–H groups in total. The average molecular weight is 404 g/mol. The molecule has 26 heavy (non-hydrogen) atoms. The van der Waals surface area contributed by atoms with Crippen LogP contribution in [0.4, 0.5) is 0 Å². The van der Waals surface area contributed by atoms with Gasteiger partial charge in [0.15, 0.2) is 5.16 Å². The van der Waals surface area contributed by atoms with Gasteiger partial charge in [-0.25, -0.2) is 9.67 Å². The number of nitrogens with zero attached hydrogens (tertiary/aromatic N) is 4. The van der Waals surface area contributed by atoms with Crippen LogP contribution in [0.2, 0.25) is 0 Å². The molecule has 3 aliphatic heterocycles. The molecule has 0 spiro atoms. The molecule has 1 fully saturated rings. The van der Waals surface area contributed by atoms with Gasteiger partial charge in [0.05, 0.1) is 36.3 Å². The van der Waals surface area contributed by atoms with E-state index in [9.17, 15) is 19.8 Å². The minimum atomic E-state index is -1.33. The third-order valence-electron chi connectivity index (χ3n) is 4.95. The van der Waals surface area contributed by atoms with E-state index in [4.69, 9.17) is 0 Å². The molecule has 4 rings (SSSR count). The number of hydrogen-bond acceptors (Lipinski definition) is 8. The van der Waals surface area contributed by atoms with Crippen LogP contribution in [0.3, 0.4) is 0 Å². The minimum Gasteiger partial charge on any atom is -0.543 e. The molecule has 134 valence electrons. The number of amides is 1. The molecule has 5 atom stereocenters. The van der Waals surface area contributed by atoms with E-state index in [2.05, 4.69) is 10.1 Å². The Morgan fingerprint density at radius 1 is 1.54 bits per heavy atom. The maximum Gasteiger partial charge on any atom is 1.00 e. The summed E-state index contributed by atoms with van der Waals surface area (Å²) in [5.41, 5.74) is -0.0289. The first kappa shape index (κ1) is 20.2. The number of hydrogen-bond donors (Lipinski definition) is 1. The summed E-state index contributed by atoms with van der Waals surface area (Å²) < 4.78 is 1.81. The number of carbonyl (C=O) groups excluding carboxylic acids is 2. The van der Waals surface area contributed by atoms with Crippen LogP contribution in [0.25, 0.3) is 0 Å². The summed E-state index contributed by atoms with van der Waals surface area (Å²) in [4.78, 5) is 30.1. The van der Waals surface area contributed by atoms with Crippen molar-refractivity contribution >= 4 is 35.4 Å². The second-order valence-corrected chi connectivity index (χ2v) is 8.86. The number of carboxylic acid groups (broad SMARTS) is 1. The number of fused-ring (bicyclic) bond motifs is 2. The summed E-state index contributed by atoms with van der Waals surface area (Å²) in [7, 11) is 0. The van der Waals surface area contributed by atoms with Crippen LogP contribution in [0, 0.1) is 11.8 Å². The molecule has 0 aliphatic carbocycles. The standard InChI is InChI=1S/C15H18N4O4S2.Na/c1-6-10-9(7(2)20)13(21)19(10)11(14(22)23)12(6)25-8-3-18-15(24-4-8)16-5-17-18;/h5-10,20H,3-4H2,1-2H3,(H,22,23);/q;+1/p-1/t6-,7-,8?,9-,10-;/m1./s1. The Balaban J connectivity index is 0.00000196. The van der Waals surface area contributed by atoms with Gasteiger partial charge in [0, 0.05) is 21.8 Å². The van der Waals surface area contributed by atoms with Gasteiger partial charge in [0.2, 0.25) is 5.91 Å². The Kier molecular flexibility index (Phi) is 5.82. The molecule has 1 aromatic rings. The summed E-state index contributed by atoms with van der Waals surface area (Å²) in [5.74, 6) is -1.57. The van der Waals surface area contributed by atoms with Crippen LogP contribution >= 0.6 is 23.5 Å². The number of aromatic nitrogens is 3. The first-order chi connectivity index (χ1) is 11.9. The second-order valence-electron chi connectivity index (χ2n) is 6.53. The van der Waals surface area contributed by atoms with Crippen molar-refractivity contribution in [2.45, 2.75) is 42.9 Å². The minimum absolute atomic E-state index is 0. The molecule has 0 aromatic carbocycles. The Morgan fingerprint density at radius 2 is 2.27 bits per heavy atom. The Labute approximate surface area is 181 Å². The van der Waals surface area contributed by atoms with E-state index in [-0.39, 0.29) is 58.4 Å². The number of rotatable bonds is 4. The molecule has 4 heterocycles. The fourth-order valence-corrected chi connectivity index (χ4v) is 6.35. The zero-order valence-corrected chi connectivity index (χ0v) is 18.3. The molecule has 8 nitrogen and oxygen atoms in total. The van der Waals surface area contributed by atoms with Gasteiger partial charge >= 0.3 is 29.6 Å². The molecule has 1 saturated heterocycles. The summed E-state index contributed by atoms with van der Waals surface area (Å²) in [6, 6.07) is -0.305. The molecular weight excluding hydrogens is 387 g/mol. The van der Waals surface area contributed by atoms with Crippen molar-refractivity contribution in [3.05, 3.63) is 16.9 Å². The fraction of sp³-hybridized carbons (Fsp3) is 0.600. The number of carbonyl (C=O) groups is 2. The van der Waals surface area contributed by atoms with Gasteiger partial charge in [-0.05, 0) is 6.92 Å². The summed E-state index contributed by atoms with van der Waals surface area (Å²) in [6.45, 7) is 4.12. The van der Waals surface area contributed by atoms with Gasteiger partial charge in [-0.2, -0.15) is 5.10 Å².